The zero-order valence-electron chi connectivity index (χ0n) is 18.8. The number of ketones is 1. The van der Waals surface area contributed by atoms with E-state index in [1.54, 1.807) is 19.3 Å². The van der Waals surface area contributed by atoms with Crippen LogP contribution >= 0.6 is 0 Å². The number of aliphatic hydroxyl groups is 2. The monoisotopic (exact) mass is 466 g/mol. The standard InChI is InChI=1S/C24H34O7S/c1-30-16-18-6-3-5-17(13-18)14-19(25)8-9-20-21(23(27)15-22(20)26)10-12-32(29)11-4-7-24(28)31-2/h3,5-6,8-9,13,19-22,25-26H,4,7,10-12,14-16H2,1-2H3/b9-8+/t19-,20-,21-,22-,32?/m1/s1. The van der Waals surface area contributed by atoms with Crippen LogP contribution in [0.3, 0.4) is 0 Å². The number of rotatable bonds is 13. The number of carbonyl (C=O) groups excluding carboxylic acids is 2. The first-order chi connectivity index (χ1) is 15.3. The number of hydrogen-bond donors (Lipinski definition) is 2. The second-order valence-electron chi connectivity index (χ2n) is 8.15. The molecule has 32 heavy (non-hydrogen) atoms. The van der Waals surface area contributed by atoms with Crippen LogP contribution in [-0.4, -0.2) is 64.1 Å². The average molecular weight is 467 g/mol. The van der Waals surface area contributed by atoms with E-state index in [1.165, 1.54) is 7.11 Å². The number of aliphatic hydroxyl groups excluding tert-OH is 2. The number of hydrogen-bond acceptors (Lipinski definition) is 7. The molecular formula is C24H34O7S. The molecule has 1 fully saturated rings. The summed E-state index contributed by atoms with van der Waals surface area (Å²) in [6.45, 7) is 0.502. The lowest BCUT2D eigenvalue weighted by atomic mass is 9.91. The minimum atomic E-state index is -1.14. The molecule has 7 nitrogen and oxygen atoms in total. The summed E-state index contributed by atoms with van der Waals surface area (Å²) in [5, 5.41) is 20.8. The van der Waals surface area contributed by atoms with Gasteiger partial charge in [0.25, 0.3) is 0 Å². The molecule has 0 radical (unpaired) electrons. The van der Waals surface area contributed by atoms with Gasteiger partial charge in [0.1, 0.15) is 5.78 Å². The molecule has 1 aliphatic rings. The van der Waals surface area contributed by atoms with E-state index < -0.39 is 34.8 Å². The highest BCUT2D eigenvalue weighted by Crippen LogP contribution is 2.33. The van der Waals surface area contributed by atoms with Crippen molar-refractivity contribution in [1.29, 1.82) is 0 Å². The van der Waals surface area contributed by atoms with E-state index in [0.717, 1.165) is 11.1 Å². The molecule has 5 atom stereocenters. The van der Waals surface area contributed by atoms with Gasteiger partial charge in [0, 0.05) is 60.5 Å². The van der Waals surface area contributed by atoms with Crippen LogP contribution in [0.25, 0.3) is 0 Å². The Morgan fingerprint density at radius 1 is 1.28 bits per heavy atom. The molecule has 0 aliphatic heterocycles. The molecule has 0 aromatic heterocycles. The van der Waals surface area contributed by atoms with E-state index in [2.05, 4.69) is 4.74 Å². The van der Waals surface area contributed by atoms with Crippen molar-refractivity contribution >= 4 is 22.6 Å². The molecule has 1 saturated carbocycles. The number of methoxy groups -OCH3 is 2. The Hall–Kier alpha value is -1.87. The van der Waals surface area contributed by atoms with Crippen molar-refractivity contribution in [3.8, 4) is 0 Å². The third-order valence-electron chi connectivity index (χ3n) is 5.67. The molecule has 0 amide bonds. The van der Waals surface area contributed by atoms with Crippen LogP contribution < -0.4 is 0 Å². The van der Waals surface area contributed by atoms with Gasteiger partial charge in [0.05, 0.1) is 25.9 Å². The summed E-state index contributed by atoms with van der Waals surface area (Å²) >= 11 is 0. The molecule has 8 heteroatoms. The highest BCUT2D eigenvalue weighted by molar-refractivity contribution is 7.84. The van der Waals surface area contributed by atoms with Crippen LogP contribution in [0, 0.1) is 11.8 Å². The van der Waals surface area contributed by atoms with E-state index >= 15 is 0 Å². The molecule has 2 rings (SSSR count). The van der Waals surface area contributed by atoms with Gasteiger partial charge < -0.3 is 19.7 Å². The fourth-order valence-electron chi connectivity index (χ4n) is 4.01. The fourth-order valence-corrected chi connectivity index (χ4v) is 5.20. The largest absolute Gasteiger partial charge is 0.469 e. The first-order valence-corrected chi connectivity index (χ1v) is 12.4. The average Bonchev–Trinajstić information content (AvgIpc) is 3.03. The summed E-state index contributed by atoms with van der Waals surface area (Å²) < 4.78 is 21.9. The predicted molar refractivity (Wildman–Crippen MR) is 122 cm³/mol. The van der Waals surface area contributed by atoms with E-state index in [9.17, 15) is 24.0 Å². The normalized spacial score (nSPS) is 22.9. The lowest BCUT2D eigenvalue weighted by Crippen LogP contribution is -2.21. The molecule has 0 bridgehead atoms. The highest BCUT2D eigenvalue weighted by atomic mass is 32.2. The van der Waals surface area contributed by atoms with Gasteiger partial charge in [-0.15, -0.1) is 0 Å². The lowest BCUT2D eigenvalue weighted by molar-refractivity contribution is -0.140. The Kier molecular flexibility index (Phi) is 11.2. The van der Waals surface area contributed by atoms with Crippen molar-refractivity contribution in [2.24, 2.45) is 11.8 Å². The fraction of sp³-hybridized carbons (Fsp3) is 0.583. The Balaban J connectivity index is 1.88. The number of ether oxygens (including phenoxy) is 2. The summed E-state index contributed by atoms with van der Waals surface area (Å²) in [6.07, 6.45) is 3.41. The van der Waals surface area contributed by atoms with Crippen LogP contribution in [0.5, 0.6) is 0 Å². The van der Waals surface area contributed by atoms with Gasteiger partial charge in [0.15, 0.2) is 0 Å². The number of benzene rings is 1. The maximum Gasteiger partial charge on any atom is 0.305 e. The Bertz CT molecular complexity index is 807. The van der Waals surface area contributed by atoms with Crippen LogP contribution in [0.15, 0.2) is 36.4 Å². The smallest absolute Gasteiger partial charge is 0.305 e. The Labute approximate surface area is 192 Å². The maximum absolute atomic E-state index is 12.4. The molecule has 0 spiro atoms. The summed E-state index contributed by atoms with van der Waals surface area (Å²) in [5.74, 6) is -0.471. The molecule has 0 saturated heterocycles. The van der Waals surface area contributed by atoms with Crippen LogP contribution in [0.1, 0.15) is 36.8 Å². The van der Waals surface area contributed by atoms with Crippen LogP contribution in [0.2, 0.25) is 0 Å². The number of esters is 1. The van der Waals surface area contributed by atoms with Gasteiger partial charge in [0.2, 0.25) is 0 Å². The summed E-state index contributed by atoms with van der Waals surface area (Å²) in [4.78, 5) is 23.5. The number of carbonyl (C=O) groups is 2. The third-order valence-corrected chi connectivity index (χ3v) is 7.11. The van der Waals surface area contributed by atoms with Crippen LogP contribution in [-0.2, 0) is 42.9 Å². The second-order valence-corrected chi connectivity index (χ2v) is 9.84. The predicted octanol–water partition coefficient (Wildman–Crippen LogP) is 1.95. The van der Waals surface area contributed by atoms with E-state index in [0.29, 0.717) is 37.4 Å². The van der Waals surface area contributed by atoms with Crippen molar-refractivity contribution in [3.63, 3.8) is 0 Å². The van der Waals surface area contributed by atoms with Crippen molar-refractivity contribution in [2.45, 2.75) is 50.9 Å². The van der Waals surface area contributed by atoms with Gasteiger partial charge in [-0.25, -0.2) is 0 Å². The molecule has 0 heterocycles. The molecule has 1 aromatic rings. The first-order valence-electron chi connectivity index (χ1n) is 10.9. The van der Waals surface area contributed by atoms with E-state index in [-0.39, 0.29) is 24.6 Å². The number of Topliss-reactive ketones (excluding diaryl/α,β-unsaturated/α-hetero) is 1. The zero-order chi connectivity index (χ0) is 23.5. The van der Waals surface area contributed by atoms with Crippen molar-refractivity contribution < 1.29 is 33.5 Å². The van der Waals surface area contributed by atoms with Gasteiger partial charge in [-0.05, 0) is 24.0 Å². The maximum atomic E-state index is 12.4. The topological polar surface area (TPSA) is 110 Å². The zero-order valence-corrected chi connectivity index (χ0v) is 19.6. The van der Waals surface area contributed by atoms with E-state index in [4.69, 9.17) is 4.74 Å². The van der Waals surface area contributed by atoms with Gasteiger partial charge in [-0.3, -0.25) is 13.8 Å². The summed E-state index contributed by atoms with van der Waals surface area (Å²) in [6, 6.07) is 7.79. The quantitative estimate of drug-likeness (QED) is 0.338. The minimum Gasteiger partial charge on any atom is -0.469 e. The van der Waals surface area contributed by atoms with Gasteiger partial charge in [-0.2, -0.15) is 0 Å². The molecule has 2 N–H and O–H groups in total. The second kappa shape index (κ2) is 13.6. The SMILES string of the molecule is COCc1cccc(C[C@H](O)/C=C/[C@H]2[C@H](O)CC(=O)[C@@H]2CCS(=O)CCCC(=O)OC)c1. The van der Waals surface area contributed by atoms with Crippen molar-refractivity contribution in [2.75, 3.05) is 25.7 Å². The van der Waals surface area contributed by atoms with E-state index in [1.807, 2.05) is 24.3 Å². The van der Waals surface area contributed by atoms with Gasteiger partial charge in [-0.1, -0.05) is 36.4 Å². The van der Waals surface area contributed by atoms with Crippen molar-refractivity contribution in [1.82, 2.24) is 0 Å². The molecule has 1 aromatic carbocycles. The molecule has 1 aliphatic carbocycles. The Morgan fingerprint density at radius 2 is 2.03 bits per heavy atom. The lowest BCUT2D eigenvalue weighted by Gasteiger charge is -2.18. The van der Waals surface area contributed by atoms with Gasteiger partial charge >= 0.3 is 5.97 Å². The summed E-state index contributed by atoms with van der Waals surface area (Å²) in [5.41, 5.74) is 2.00. The Morgan fingerprint density at radius 3 is 2.75 bits per heavy atom. The molecule has 178 valence electrons. The molecule has 1 unspecified atom stereocenters. The molecular weight excluding hydrogens is 432 g/mol. The van der Waals surface area contributed by atoms with Crippen LogP contribution in [0.4, 0.5) is 0 Å². The third kappa shape index (κ3) is 8.58. The summed E-state index contributed by atoms with van der Waals surface area (Å²) in [7, 11) is 1.81. The minimum absolute atomic E-state index is 0.0412. The first kappa shape index (κ1) is 26.4. The highest BCUT2D eigenvalue weighted by Gasteiger charge is 2.39. The van der Waals surface area contributed by atoms with Crippen molar-refractivity contribution in [3.05, 3.63) is 47.5 Å².